The maximum atomic E-state index is 11.5. The van der Waals surface area contributed by atoms with Gasteiger partial charge in [-0.1, -0.05) is 37.3 Å². The van der Waals surface area contributed by atoms with E-state index in [0.29, 0.717) is 13.1 Å². The summed E-state index contributed by atoms with van der Waals surface area (Å²) in [7, 11) is 1.69. The molecule has 0 radical (unpaired) electrons. The first-order valence-corrected chi connectivity index (χ1v) is 8.35. The Labute approximate surface area is 145 Å². The number of nitrogens with one attached hydrogen (secondary N) is 2. The average Bonchev–Trinajstić information content (AvgIpc) is 2.52. The summed E-state index contributed by atoms with van der Waals surface area (Å²) >= 11 is 0. The van der Waals surface area contributed by atoms with E-state index in [-0.39, 0.29) is 6.04 Å². The Hall–Kier alpha value is -2.01. The van der Waals surface area contributed by atoms with Crippen molar-refractivity contribution in [2.45, 2.75) is 45.8 Å². The molecule has 0 aliphatic rings. The van der Waals surface area contributed by atoms with Gasteiger partial charge in [-0.3, -0.25) is 0 Å². The van der Waals surface area contributed by atoms with Crippen LogP contribution in [0.4, 0.5) is 4.79 Å². The number of para-hydroxylation sites is 1. The smallest absolute Gasteiger partial charge is 0.407 e. The zero-order chi connectivity index (χ0) is 18.0. The molecule has 0 spiro atoms. The van der Waals surface area contributed by atoms with Gasteiger partial charge in [0.2, 0.25) is 0 Å². The van der Waals surface area contributed by atoms with Crippen LogP contribution < -0.4 is 15.4 Å². The van der Waals surface area contributed by atoms with Crippen LogP contribution in [0.25, 0.3) is 0 Å². The zero-order valence-corrected chi connectivity index (χ0v) is 15.4. The van der Waals surface area contributed by atoms with Crippen molar-refractivity contribution in [3.05, 3.63) is 42.0 Å². The zero-order valence-electron chi connectivity index (χ0n) is 15.4. The van der Waals surface area contributed by atoms with Gasteiger partial charge < -0.3 is 20.1 Å². The summed E-state index contributed by atoms with van der Waals surface area (Å²) in [6.45, 7) is 8.83. The van der Waals surface area contributed by atoms with E-state index >= 15 is 0 Å². The number of ether oxygens (including phenoxy) is 2. The van der Waals surface area contributed by atoms with E-state index in [0.717, 1.165) is 17.7 Å². The Kier molecular flexibility index (Phi) is 8.33. The molecule has 0 bridgehead atoms. The normalized spacial score (nSPS) is 12.9. The van der Waals surface area contributed by atoms with Crippen LogP contribution in [0.5, 0.6) is 5.75 Å². The van der Waals surface area contributed by atoms with E-state index in [1.165, 1.54) is 0 Å². The molecule has 5 nitrogen and oxygen atoms in total. The lowest BCUT2D eigenvalue weighted by Gasteiger charge is -2.19. The molecule has 1 rings (SSSR count). The van der Waals surface area contributed by atoms with Gasteiger partial charge in [0.15, 0.2) is 0 Å². The van der Waals surface area contributed by atoms with Crippen LogP contribution in [-0.2, 0) is 4.74 Å². The minimum atomic E-state index is -0.474. The lowest BCUT2D eigenvalue weighted by Crippen LogP contribution is -2.32. The predicted molar refractivity (Wildman–Crippen MR) is 97.4 cm³/mol. The number of carbonyl (C=O) groups excluding carboxylic acids is 1. The number of methoxy groups -OCH3 is 1. The van der Waals surface area contributed by atoms with Gasteiger partial charge in [0, 0.05) is 24.7 Å². The van der Waals surface area contributed by atoms with Crippen LogP contribution in [0.2, 0.25) is 0 Å². The highest BCUT2D eigenvalue weighted by Crippen LogP contribution is 2.26. The van der Waals surface area contributed by atoms with Crippen molar-refractivity contribution >= 4 is 6.09 Å². The molecule has 1 atom stereocenters. The monoisotopic (exact) mass is 334 g/mol. The van der Waals surface area contributed by atoms with Crippen LogP contribution >= 0.6 is 0 Å². The van der Waals surface area contributed by atoms with Gasteiger partial charge in [-0.05, 0) is 33.3 Å². The summed E-state index contributed by atoms with van der Waals surface area (Å²) in [5.41, 5.74) is 0.682. The summed E-state index contributed by atoms with van der Waals surface area (Å²) in [5, 5.41) is 6.17. The molecule has 1 amide bonds. The van der Waals surface area contributed by atoms with E-state index in [4.69, 9.17) is 9.47 Å². The molecule has 1 aromatic carbocycles. The second kappa shape index (κ2) is 9.98. The highest BCUT2D eigenvalue weighted by Gasteiger charge is 2.15. The highest BCUT2D eigenvalue weighted by atomic mass is 16.6. The quantitative estimate of drug-likeness (QED) is 0.710. The number of hydrogen-bond donors (Lipinski definition) is 2. The van der Waals surface area contributed by atoms with Gasteiger partial charge in [-0.15, -0.1) is 0 Å². The number of amides is 1. The SMILES string of the molecule is CCC(NC/C=C/CNC(=O)OC(C)(C)C)c1ccccc1OC. The molecule has 2 N–H and O–H groups in total. The van der Waals surface area contributed by atoms with Crippen LogP contribution in [0.15, 0.2) is 36.4 Å². The van der Waals surface area contributed by atoms with Gasteiger partial charge in [0.05, 0.1) is 7.11 Å². The van der Waals surface area contributed by atoms with E-state index < -0.39 is 11.7 Å². The number of benzene rings is 1. The molecule has 0 aliphatic heterocycles. The molecule has 0 fully saturated rings. The third kappa shape index (κ3) is 7.51. The molecular formula is C19H30N2O3. The fraction of sp³-hybridized carbons (Fsp3) is 0.526. The third-order valence-electron chi connectivity index (χ3n) is 3.33. The third-order valence-corrected chi connectivity index (χ3v) is 3.33. The fourth-order valence-electron chi connectivity index (χ4n) is 2.26. The molecule has 0 aromatic heterocycles. The maximum absolute atomic E-state index is 11.5. The van der Waals surface area contributed by atoms with Crippen molar-refractivity contribution in [1.29, 1.82) is 0 Å². The second-order valence-electron chi connectivity index (χ2n) is 6.47. The van der Waals surface area contributed by atoms with Crippen molar-refractivity contribution in [2.75, 3.05) is 20.2 Å². The van der Waals surface area contributed by atoms with Gasteiger partial charge in [0.25, 0.3) is 0 Å². The first kappa shape index (κ1) is 20.0. The minimum absolute atomic E-state index is 0.226. The molecule has 24 heavy (non-hydrogen) atoms. The first-order chi connectivity index (χ1) is 11.4. The van der Waals surface area contributed by atoms with E-state index in [1.54, 1.807) is 7.11 Å². The van der Waals surface area contributed by atoms with E-state index in [1.807, 2.05) is 51.1 Å². The number of rotatable bonds is 8. The summed E-state index contributed by atoms with van der Waals surface area (Å²) < 4.78 is 10.6. The standard InChI is InChI=1S/C19H30N2O3/c1-6-16(15-11-7-8-12-17(15)23-5)20-13-9-10-14-21-18(22)24-19(2,3)4/h7-12,16,20H,6,13-14H2,1-5H3,(H,21,22)/b10-9+. The summed E-state index contributed by atoms with van der Waals surface area (Å²) in [6.07, 6.45) is 4.46. The molecule has 0 aliphatic carbocycles. The van der Waals surface area contributed by atoms with Crippen molar-refractivity contribution in [1.82, 2.24) is 10.6 Å². The number of alkyl carbamates (subject to hydrolysis) is 1. The predicted octanol–water partition coefficient (Wildman–Crippen LogP) is 3.82. The molecule has 1 unspecified atom stereocenters. The minimum Gasteiger partial charge on any atom is -0.496 e. The molecule has 1 aromatic rings. The molecule has 5 heteroatoms. The molecule has 0 saturated heterocycles. The molecular weight excluding hydrogens is 304 g/mol. The fourth-order valence-corrected chi connectivity index (χ4v) is 2.26. The van der Waals surface area contributed by atoms with Crippen molar-refractivity contribution in [3.8, 4) is 5.75 Å². The van der Waals surface area contributed by atoms with Gasteiger partial charge in [-0.25, -0.2) is 4.79 Å². The Bertz CT molecular complexity index is 536. The summed E-state index contributed by atoms with van der Waals surface area (Å²) in [5.74, 6) is 0.896. The van der Waals surface area contributed by atoms with Gasteiger partial charge >= 0.3 is 6.09 Å². The number of hydrogen-bond acceptors (Lipinski definition) is 4. The van der Waals surface area contributed by atoms with Gasteiger partial charge in [-0.2, -0.15) is 0 Å². The molecule has 0 saturated carbocycles. The van der Waals surface area contributed by atoms with Gasteiger partial charge in [0.1, 0.15) is 11.4 Å². The Morgan fingerprint density at radius 2 is 1.88 bits per heavy atom. The van der Waals surface area contributed by atoms with Crippen molar-refractivity contribution in [2.24, 2.45) is 0 Å². The molecule has 134 valence electrons. The summed E-state index contributed by atoms with van der Waals surface area (Å²) in [6, 6.07) is 8.26. The Morgan fingerprint density at radius 1 is 1.21 bits per heavy atom. The van der Waals surface area contributed by atoms with Crippen molar-refractivity contribution in [3.63, 3.8) is 0 Å². The number of carbonyl (C=O) groups is 1. The highest BCUT2D eigenvalue weighted by molar-refractivity contribution is 5.67. The summed E-state index contributed by atoms with van der Waals surface area (Å²) in [4.78, 5) is 11.5. The van der Waals surface area contributed by atoms with E-state index in [9.17, 15) is 4.79 Å². The maximum Gasteiger partial charge on any atom is 0.407 e. The van der Waals surface area contributed by atoms with Crippen LogP contribution in [0.1, 0.15) is 45.7 Å². The largest absolute Gasteiger partial charge is 0.496 e. The van der Waals surface area contributed by atoms with Crippen LogP contribution in [0.3, 0.4) is 0 Å². The molecule has 0 heterocycles. The van der Waals surface area contributed by atoms with Crippen LogP contribution in [-0.4, -0.2) is 31.9 Å². The lowest BCUT2D eigenvalue weighted by atomic mass is 10.0. The Morgan fingerprint density at radius 3 is 2.50 bits per heavy atom. The lowest BCUT2D eigenvalue weighted by molar-refractivity contribution is 0.0534. The Balaban J connectivity index is 2.38. The second-order valence-corrected chi connectivity index (χ2v) is 6.47. The topological polar surface area (TPSA) is 59.6 Å². The van der Waals surface area contributed by atoms with E-state index in [2.05, 4.69) is 23.6 Å². The average molecular weight is 334 g/mol. The van der Waals surface area contributed by atoms with Crippen molar-refractivity contribution < 1.29 is 14.3 Å². The first-order valence-electron chi connectivity index (χ1n) is 8.35. The van der Waals surface area contributed by atoms with Crippen LogP contribution in [0, 0.1) is 0 Å².